The minimum Gasteiger partial charge on any atom is -0.508 e. The highest BCUT2D eigenvalue weighted by molar-refractivity contribution is 6.02. The third-order valence-corrected chi connectivity index (χ3v) is 5.38. The third-order valence-electron chi connectivity index (χ3n) is 5.38. The molecule has 2 atom stereocenters. The van der Waals surface area contributed by atoms with E-state index in [9.17, 15) is 19.1 Å². The zero-order valence-electron chi connectivity index (χ0n) is 21.6. The number of oxime groups is 2. The summed E-state index contributed by atoms with van der Waals surface area (Å²) in [6.45, 7) is 5.38. The van der Waals surface area contributed by atoms with E-state index in [4.69, 9.17) is 19.5 Å². The van der Waals surface area contributed by atoms with E-state index in [2.05, 4.69) is 15.0 Å². The topological polar surface area (TPSA) is 136 Å². The fourth-order valence-electron chi connectivity index (χ4n) is 3.60. The highest BCUT2D eigenvalue weighted by Crippen LogP contribution is 2.24. The second-order valence-corrected chi connectivity index (χ2v) is 9.72. The van der Waals surface area contributed by atoms with Crippen LogP contribution in [0.5, 0.6) is 11.5 Å². The lowest BCUT2D eigenvalue weighted by atomic mass is 10.0. The zero-order chi connectivity index (χ0) is 27.9. The molecule has 11 heteroatoms. The number of methoxy groups -OCH3 is 1. The average molecular weight is 531 g/mol. The van der Waals surface area contributed by atoms with E-state index >= 15 is 0 Å². The Hall–Kier alpha value is -4.15. The van der Waals surface area contributed by atoms with Gasteiger partial charge in [0.2, 0.25) is 0 Å². The zero-order valence-corrected chi connectivity index (χ0v) is 21.6. The molecule has 0 fully saturated rings. The van der Waals surface area contributed by atoms with E-state index in [1.54, 1.807) is 51.1 Å². The summed E-state index contributed by atoms with van der Waals surface area (Å²) in [5.41, 5.74) is 2.19. The first-order chi connectivity index (χ1) is 17.9. The Balaban J connectivity index is 0.000000215. The summed E-state index contributed by atoms with van der Waals surface area (Å²) in [5.74, 6) is -1.59. The maximum atomic E-state index is 13.3. The molecule has 0 saturated heterocycles. The van der Waals surface area contributed by atoms with Crippen LogP contribution in [0, 0.1) is 5.82 Å². The van der Waals surface area contributed by atoms with E-state index in [1.807, 2.05) is 0 Å². The number of rotatable bonds is 6. The molecule has 0 unspecified atom stereocenters. The fraction of sp³-hybridized carbons (Fsp3) is 0.407. The van der Waals surface area contributed by atoms with Crippen molar-refractivity contribution in [1.82, 2.24) is 0 Å². The summed E-state index contributed by atoms with van der Waals surface area (Å²) in [6.07, 6.45) is 0.577. The van der Waals surface area contributed by atoms with Gasteiger partial charge in [-0.3, -0.25) is 9.59 Å². The van der Waals surface area contributed by atoms with E-state index < -0.39 is 23.3 Å². The molecule has 0 aromatic heterocycles. The van der Waals surface area contributed by atoms with Crippen molar-refractivity contribution >= 4 is 23.4 Å². The summed E-state index contributed by atoms with van der Waals surface area (Å²) in [4.78, 5) is 33.1. The van der Waals surface area contributed by atoms with Gasteiger partial charge >= 0.3 is 11.9 Å². The Labute approximate surface area is 219 Å². The fourth-order valence-corrected chi connectivity index (χ4v) is 3.60. The molecule has 204 valence electrons. The highest BCUT2D eigenvalue weighted by Gasteiger charge is 2.28. The second-order valence-electron chi connectivity index (χ2n) is 9.72. The van der Waals surface area contributed by atoms with Crippen molar-refractivity contribution in [3.63, 3.8) is 0 Å². The van der Waals surface area contributed by atoms with E-state index in [1.165, 1.54) is 19.2 Å². The first-order valence-electron chi connectivity index (χ1n) is 12.0. The van der Waals surface area contributed by atoms with Crippen LogP contribution in [0.3, 0.4) is 0 Å². The standard InChI is InChI=1S/C15H18FNO4.C12H13NO4/c1-15(2,3)20-14(19)8-10-7-12(17-21-10)9-4-5-13(18)11(16)6-9;1-16-12(15)7-10-6-11(13-17-10)8-2-4-9(14)5-3-8/h4-6,10,18H,7-8H2,1-3H3;2-5,10,14H,6-7H2,1H3/t2*10-/m11/s1. The monoisotopic (exact) mass is 530 g/mol. The number of ether oxygens (including phenoxy) is 2. The SMILES string of the molecule is CC(C)(C)OC(=O)C[C@H]1CC(c2ccc(O)c(F)c2)=NO1.COC(=O)C[C@H]1CC(c2ccc(O)cc2)=NO1. The van der Waals surface area contributed by atoms with Crippen molar-refractivity contribution in [3.8, 4) is 11.5 Å². The summed E-state index contributed by atoms with van der Waals surface area (Å²) >= 11 is 0. The minimum absolute atomic E-state index is 0.0881. The van der Waals surface area contributed by atoms with Crippen LogP contribution in [0.2, 0.25) is 0 Å². The van der Waals surface area contributed by atoms with Crippen LogP contribution in [0.1, 0.15) is 57.6 Å². The average Bonchev–Trinajstić information content (AvgIpc) is 3.50. The van der Waals surface area contributed by atoms with Gasteiger partial charge < -0.3 is 29.4 Å². The van der Waals surface area contributed by atoms with Gasteiger partial charge in [0.25, 0.3) is 0 Å². The lowest BCUT2D eigenvalue weighted by Crippen LogP contribution is -2.26. The highest BCUT2D eigenvalue weighted by atomic mass is 19.1. The molecule has 2 N–H and O–H groups in total. The molecule has 0 amide bonds. The molecular formula is C27H31FN2O8. The number of carbonyl (C=O) groups excluding carboxylic acids is 2. The molecule has 2 heterocycles. The molecule has 2 aliphatic rings. The van der Waals surface area contributed by atoms with Gasteiger partial charge in [0.15, 0.2) is 11.6 Å². The first-order valence-corrected chi connectivity index (χ1v) is 12.0. The van der Waals surface area contributed by atoms with Gasteiger partial charge in [0.1, 0.15) is 23.6 Å². The van der Waals surface area contributed by atoms with Crippen LogP contribution in [-0.4, -0.2) is 58.5 Å². The number of phenolic OH excluding ortho intramolecular Hbond substituents is 2. The van der Waals surface area contributed by atoms with Gasteiger partial charge in [-0.2, -0.15) is 0 Å². The van der Waals surface area contributed by atoms with Crippen molar-refractivity contribution in [2.45, 2.75) is 64.3 Å². The molecule has 0 bridgehead atoms. The van der Waals surface area contributed by atoms with Crippen LogP contribution in [0.4, 0.5) is 4.39 Å². The number of aromatic hydroxyl groups is 2. The van der Waals surface area contributed by atoms with E-state index in [0.717, 1.165) is 11.3 Å². The van der Waals surface area contributed by atoms with Crippen molar-refractivity contribution in [1.29, 1.82) is 0 Å². The maximum Gasteiger partial charge on any atom is 0.310 e. The van der Waals surface area contributed by atoms with E-state index in [-0.39, 0.29) is 36.6 Å². The lowest BCUT2D eigenvalue weighted by molar-refractivity contribution is -0.157. The summed E-state index contributed by atoms with van der Waals surface area (Å²) in [5, 5.41) is 26.1. The number of carbonyl (C=O) groups is 2. The quantitative estimate of drug-likeness (QED) is 0.530. The molecular weight excluding hydrogens is 499 g/mol. The molecule has 2 aliphatic heterocycles. The predicted octanol–water partition coefficient (Wildman–Crippen LogP) is 4.20. The summed E-state index contributed by atoms with van der Waals surface area (Å²) in [7, 11) is 1.35. The number of hydrogen-bond acceptors (Lipinski definition) is 10. The normalized spacial score (nSPS) is 18.2. The van der Waals surface area contributed by atoms with Gasteiger partial charge in [-0.25, -0.2) is 4.39 Å². The van der Waals surface area contributed by atoms with E-state index in [0.29, 0.717) is 24.1 Å². The molecule has 0 saturated carbocycles. The van der Waals surface area contributed by atoms with Gasteiger partial charge in [0, 0.05) is 18.4 Å². The van der Waals surface area contributed by atoms with Gasteiger partial charge in [-0.1, -0.05) is 10.3 Å². The minimum atomic E-state index is -0.717. The summed E-state index contributed by atoms with van der Waals surface area (Å²) in [6, 6.07) is 10.7. The molecule has 38 heavy (non-hydrogen) atoms. The number of phenols is 2. The second kappa shape index (κ2) is 12.4. The van der Waals surface area contributed by atoms with Gasteiger partial charge in [-0.05, 0) is 68.8 Å². The van der Waals surface area contributed by atoms with Crippen LogP contribution < -0.4 is 0 Å². The summed E-state index contributed by atoms with van der Waals surface area (Å²) < 4.78 is 23.1. The molecule has 0 radical (unpaired) electrons. The predicted molar refractivity (Wildman–Crippen MR) is 135 cm³/mol. The Morgan fingerprint density at radius 1 is 0.921 bits per heavy atom. The largest absolute Gasteiger partial charge is 0.508 e. The van der Waals surface area contributed by atoms with Crippen LogP contribution >= 0.6 is 0 Å². The number of esters is 2. The number of hydrogen-bond donors (Lipinski definition) is 2. The Morgan fingerprint density at radius 3 is 1.97 bits per heavy atom. The molecule has 0 spiro atoms. The Morgan fingerprint density at radius 2 is 1.45 bits per heavy atom. The Kier molecular flexibility index (Phi) is 9.27. The van der Waals surface area contributed by atoms with Crippen LogP contribution in [-0.2, 0) is 28.7 Å². The molecule has 2 aromatic carbocycles. The molecule has 2 aromatic rings. The smallest absolute Gasteiger partial charge is 0.310 e. The first kappa shape index (κ1) is 28.4. The molecule has 0 aliphatic carbocycles. The van der Waals surface area contributed by atoms with Gasteiger partial charge in [0.05, 0.1) is 31.4 Å². The van der Waals surface area contributed by atoms with Crippen molar-refractivity contribution in [3.05, 3.63) is 59.4 Å². The lowest BCUT2D eigenvalue weighted by Gasteiger charge is -2.20. The Bertz CT molecular complexity index is 1200. The maximum absolute atomic E-state index is 13.3. The number of nitrogens with zero attached hydrogens (tertiary/aromatic N) is 2. The third kappa shape index (κ3) is 8.46. The van der Waals surface area contributed by atoms with Crippen molar-refractivity contribution in [2.75, 3.05) is 7.11 Å². The van der Waals surface area contributed by atoms with Gasteiger partial charge in [-0.15, -0.1) is 0 Å². The van der Waals surface area contributed by atoms with Crippen molar-refractivity contribution in [2.24, 2.45) is 10.3 Å². The number of benzene rings is 2. The van der Waals surface area contributed by atoms with Crippen LogP contribution in [0.25, 0.3) is 0 Å². The van der Waals surface area contributed by atoms with Crippen molar-refractivity contribution < 1.29 is 43.3 Å². The molecule has 4 rings (SSSR count). The molecule has 10 nitrogen and oxygen atoms in total. The van der Waals surface area contributed by atoms with Crippen LogP contribution in [0.15, 0.2) is 52.8 Å². The number of halogens is 1.